The van der Waals surface area contributed by atoms with Gasteiger partial charge in [0.05, 0.1) is 8.60 Å². The van der Waals surface area contributed by atoms with Crippen molar-refractivity contribution >= 4 is 8.60 Å². The first-order chi connectivity index (χ1) is 1.73. The van der Waals surface area contributed by atoms with E-state index in [1.807, 2.05) is 0 Å². The largest absolute Gasteiger partial charge is 1.00 e. The van der Waals surface area contributed by atoms with Gasteiger partial charge in [-0.2, -0.15) is 0 Å². The molecule has 0 unspecified atom stereocenters. The van der Waals surface area contributed by atoms with Gasteiger partial charge in [0.2, 0.25) is 0 Å². The molecule has 0 rings (SSSR count). The molecule has 5 N–H and O–H groups in total. The maximum atomic E-state index is 8.70. The van der Waals surface area contributed by atoms with E-state index in [0.717, 1.165) is 0 Å². The molecular formula is H5NNaO3P. The average molecular weight is 121 g/mol. The van der Waals surface area contributed by atoms with Crippen LogP contribution in [0.5, 0.6) is 0 Å². The third-order valence-corrected chi connectivity index (χ3v) is 0. The van der Waals surface area contributed by atoms with Crippen LogP contribution in [0.1, 0.15) is 0 Å². The summed E-state index contributed by atoms with van der Waals surface area (Å²) < 4.78 is 0. The van der Waals surface area contributed by atoms with E-state index in [1.54, 1.807) is 0 Å². The van der Waals surface area contributed by atoms with Crippen molar-refractivity contribution in [2.24, 2.45) is 0 Å². The predicted octanol–water partition coefficient (Wildman–Crippen LogP) is -4.28. The molecule has 0 spiro atoms. The summed E-state index contributed by atoms with van der Waals surface area (Å²) in [6, 6.07) is 0. The fourth-order valence-corrected chi connectivity index (χ4v) is 0. The molecule has 6 heteroatoms. The monoisotopic (exact) mass is 121 g/mol. The van der Waals surface area contributed by atoms with Gasteiger partial charge in [0, 0.05) is 0 Å². The number of hydrogen-bond acceptors (Lipinski definition) is 4. The van der Waals surface area contributed by atoms with E-state index < -0.39 is 8.60 Å². The molecule has 0 heterocycles. The van der Waals surface area contributed by atoms with E-state index in [0.29, 0.717) is 0 Å². The van der Waals surface area contributed by atoms with Gasteiger partial charge < -0.3 is 20.8 Å². The summed E-state index contributed by atoms with van der Waals surface area (Å²) in [4.78, 5) is 22.9. The van der Waals surface area contributed by atoms with Crippen LogP contribution in [-0.4, -0.2) is 9.79 Å². The normalized spacial score (nSPS) is 6.00. The zero-order valence-corrected chi connectivity index (χ0v) is 6.35. The van der Waals surface area contributed by atoms with Crippen LogP contribution in [0.2, 0.25) is 0 Å². The minimum absolute atomic E-state index is 0. The van der Waals surface area contributed by atoms with E-state index in [9.17, 15) is 0 Å². The smallest absolute Gasteiger partial charge is 0.786 e. The summed E-state index contributed by atoms with van der Waals surface area (Å²) in [5.41, 5.74) is 0. The van der Waals surface area contributed by atoms with Crippen LogP contribution in [0.3, 0.4) is 0 Å². The zero-order valence-electron chi connectivity index (χ0n) is 3.46. The van der Waals surface area contributed by atoms with Gasteiger partial charge in [0.25, 0.3) is 0 Å². The molecule has 0 saturated carbocycles. The Kier molecular flexibility index (Phi) is 25.0. The Balaban J connectivity index is -0.0000000450. The molecule has 0 radical (unpaired) electrons. The van der Waals surface area contributed by atoms with Crippen molar-refractivity contribution in [2.75, 3.05) is 0 Å². The molecule has 0 aliphatic heterocycles. The first kappa shape index (κ1) is 15.7. The van der Waals surface area contributed by atoms with Gasteiger partial charge in [0.1, 0.15) is 0 Å². The molecule has 0 aromatic heterocycles. The van der Waals surface area contributed by atoms with Gasteiger partial charge in [-0.1, -0.05) is 0 Å². The van der Waals surface area contributed by atoms with E-state index in [1.165, 1.54) is 0 Å². The second kappa shape index (κ2) is 9.55. The van der Waals surface area contributed by atoms with Gasteiger partial charge in [-0.05, 0) is 0 Å². The second-order valence-corrected chi connectivity index (χ2v) is 0.758. The molecule has 0 bridgehead atoms. The Morgan fingerprint density at radius 2 is 1.33 bits per heavy atom. The molecule has 0 fully saturated rings. The summed E-state index contributed by atoms with van der Waals surface area (Å²) in [6.07, 6.45) is 0. The zero-order chi connectivity index (χ0) is 3.58. The van der Waals surface area contributed by atoms with Crippen LogP contribution in [0.15, 0.2) is 0 Å². The predicted molar refractivity (Wildman–Crippen MR) is 16.4 cm³/mol. The SMILES string of the molecule is N.[Na+].[O-]P(O)O. The molecule has 0 aromatic carbocycles. The Bertz CT molecular complexity index is 15.5. The van der Waals surface area contributed by atoms with Crippen molar-refractivity contribution in [2.45, 2.75) is 0 Å². The summed E-state index contributed by atoms with van der Waals surface area (Å²) >= 11 is 0. The van der Waals surface area contributed by atoms with Crippen molar-refractivity contribution < 1.29 is 44.2 Å². The van der Waals surface area contributed by atoms with Gasteiger partial charge in [0.15, 0.2) is 0 Å². The number of rotatable bonds is 0. The molecular weight excluding hydrogens is 116 g/mol. The molecule has 0 aliphatic carbocycles. The van der Waals surface area contributed by atoms with E-state index in [4.69, 9.17) is 14.7 Å². The van der Waals surface area contributed by atoms with Crippen molar-refractivity contribution in [1.82, 2.24) is 6.15 Å². The van der Waals surface area contributed by atoms with E-state index in [2.05, 4.69) is 0 Å². The quantitative estimate of drug-likeness (QED) is 0.223. The topological polar surface area (TPSA) is 98.5 Å². The van der Waals surface area contributed by atoms with Crippen LogP contribution in [-0.2, 0) is 0 Å². The summed E-state index contributed by atoms with van der Waals surface area (Å²) in [5.74, 6) is 0. The van der Waals surface area contributed by atoms with Gasteiger partial charge >= 0.3 is 29.6 Å². The Morgan fingerprint density at radius 3 is 1.33 bits per heavy atom. The van der Waals surface area contributed by atoms with Crippen molar-refractivity contribution in [3.8, 4) is 0 Å². The molecule has 0 amide bonds. The maximum Gasteiger partial charge on any atom is 1.00 e. The maximum absolute atomic E-state index is 8.70. The standard InChI is InChI=1S/H3N.Na.H2O3P/c;;1-4(2)3/h1H3;;1-2H/q;+1;-1. The third kappa shape index (κ3) is 59.6. The van der Waals surface area contributed by atoms with Crippen LogP contribution >= 0.6 is 8.60 Å². The summed E-state index contributed by atoms with van der Waals surface area (Å²) in [7, 11) is -2.87. The third-order valence-electron chi connectivity index (χ3n) is 0. The second-order valence-electron chi connectivity index (χ2n) is 0.253. The van der Waals surface area contributed by atoms with Crippen molar-refractivity contribution in [3.05, 3.63) is 0 Å². The first-order valence-corrected chi connectivity index (χ1v) is 1.75. The van der Waals surface area contributed by atoms with Crippen LogP contribution < -0.4 is 40.6 Å². The van der Waals surface area contributed by atoms with Gasteiger partial charge in [-0.25, -0.2) is 0 Å². The van der Waals surface area contributed by atoms with Gasteiger partial charge in [-0.3, -0.25) is 0 Å². The Labute approximate surface area is 59.1 Å². The summed E-state index contributed by atoms with van der Waals surface area (Å²) in [6.45, 7) is 0. The van der Waals surface area contributed by atoms with Crippen molar-refractivity contribution in [3.63, 3.8) is 0 Å². The average Bonchev–Trinajstić information content (AvgIpc) is 0.811. The van der Waals surface area contributed by atoms with Crippen LogP contribution in [0.4, 0.5) is 0 Å². The molecule has 0 saturated heterocycles. The summed E-state index contributed by atoms with van der Waals surface area (Å²) in [5, 5.41) is 0. The van der Waals surface area contributed by atoms with E-state index in [-0.39, 0.29) is 35.7 Å². The molecule has 34 valence electrons. The Morgan fingerprint density at radius 1 is 1.33 bits per heavy atom. The molecule has 6 heavy (non-hydrogen) atoms. The molecule has 0 aliphatic rings. The van der Waals surface area contributed by atoms with Gasteiger partial charge in [-0.15, -0.1) is 0 Å². The first-order valence-electron chi connectivity index (χ1n) is 0.583. The minimum atomic E-state index is -2.87. The molecule has 0 aromatic rings. The van der Waals surface area contributed by atoms with E-state index >= 15 is 0 Å². The fourth-order valence-electron chi connectivity index (χ4n) is 0. The van der Waals surface area contributed by atoms with Crippen LogP contribution in [0, 0.1) is 0 Å². The minimum Gasteiger partial charge on any atom is -0.786 e. The fraction of sp³-hybridized carbons (Fsp3) is 0. The van der Waals surface area contributed by atoms with Crippen LogP contribution in [0.25, 0.3) is 0 Å². The molecule has 4 nitrogen and oxygen atoms in total. The molecule has 0 atom stereocenters. The van der Waals surface area contributed by atoms with Crippen molar-refractivity contribution in [1.29, 1.82) is 0 Å². The number of hydrogen-bond donors (Lipinski definition) is 3. The Hall–Kier alpha value is 1.27.